The second-order valence-corrected chi connectivity index (χ2v) is 5.14. The van der Waals surface area contributed by atoms with Crippen molar-refractivity contribution in [1.82, 2.24) is 14.7 Å². The molecule has 2 unspecified atom stereocenters. The van der Waals surface area contributed by atoms with E-state index in [9.17, 15) is 4.79 Å². The van der Waals surface area contributed by atoms with Gasteiger partial charge >= 0.3 is 0 Å². The average molecular weight is 323 g/mol. The van der Waals surface area contributed by atoms with E-state index in [4.69, 9.17) is 5.73 Å². The second kappa shape index (κ2) is 8.49. The van der Waals surface area contributed by atoms with Gasteiger partial charge in [0.25, 0.3) is 0 Å². The highest BCUT2D eigenvalue weighted by atomic mass is 35.5. The van der Waals surface area contributed by atoms with E-state index in [2.05, 4.69) is 5.10 Å². The normalized spacial score (nSPS) is 20.9. The molecular formula is C13H24Cl2N4O. The van der Waals surface area contributed by atoms with E-state index in [1.165, 1.54) is 0 Å². The monoisotopic (exact) mass is 322 g/mol. The lowest BCUT2D eigenvalue weighted by Gasteiger charge is -2.23. The molecule has 2 rings (SSSR count). The molecular weight excluding hydrogens is 299 g/mol. The lowest BCUT2D eigenvalue weighted by atomic mass is 10.1. The molecule has 1 aromatic rings. The number of aromatic nitrogens is 2. The molecule has 7 heteroatoms. The molecule has 2 N–H and O–H groups in total. The first-order valence-corrected chi connectivity index (χ1v) is 6.62. The number of aryl methyl sites for hydroxylation is 1. The minimum atomic E-state index is 0. The van der Waals surface area contributed by atoms with E-state index in [0.29, 0.717) is 6.54 Å². The van der Waals surface area contributed by atoms with Crippen LogP contribution in [0.15, 0.2) is 12.4 Å². The highest BCUT2D eigenvalue weighted by Gasteiger charge is 2.30. The van der Waals surface area contributed by atoms with Gasteiger partial charge in [-0.1, -0.05) is 0 Å². The summed E-state index contributed by atoms with van der Waals surface area (Å²) in [4.78, 5) is 14.3. The fourth-order valence-corrected chi connectivity index (χ4v) is 2.62. The van der Waals surface area contributed by atoms with Gasteiger partial charge in [0.1, 0.15) is 0 Å². The predicted molar refractivity (Wildman–Crippen MR) is 84.1 cm³/mol. The van der Waals surface area contributed by atoms with Gasteiger partial charge in [0.05, 0.1) is 6.20 Å². The van der Waals surface area contributed by atoms with Gasteiger partial charge in [0.2, 0.25) is 5.91 Å². The average Bonchev–Trinajstić information content (AvgIpc) is 2.94. The number of halogens is 2. The molecule has 1 saturated carbocycles. The third-order valence-corrected chi connectivity index (χ3v) is 3.65. The number of carbonyl (C=O) groups excluding carboxylic acids is 1. The summed E-state index contributed by atoms with van der Waals surface area (Å²) in [7, 11) is 1.89. The fourth-order valence-electron chi connectivity index (χ4n) is 2.62. The number of hydrogen-bond donors (Lipinski definition) is 1. The van der Waals surface area contributed by atoms with E-state index in [-0.39, 0.29) is 42.7 Å². The Bertz CT molecular complexity index is 424. The highest BCUT2D eigenvalue weighted by molar-refractivity contribution is 5.85. The van der Waals surface area contributed by atoms with Crippen molar-refractivity contribution in [3.8, 4) is 0 Å². The van der Waals surface area contributed by atoms with Crippen LogP contribution < -0.4 is 5.73 Å². The van der Waals surface area contributed by atoms with Gasteiger partial charge in [-0.25, -0.2) is 0 Å². The Labute approximate surface area is 132 Å². The topological polar surface area (TPSA) is 64.2 Å². The zero-order chi connectivity index (χ0) is 13.1. The third kappa shape index (κ3) is 4.65. The van der Waals surface area contributed by atoms with Gasteiger partial charge < -0.3 is 10.6 Å². The van der Waals surface area contributed by atoms with Gasteiger partial charge in [-0.15, -0.1) is 24.8 Å². The zero-order valence-corrected chi connectivity index (χ0v) is 13.6. The second-order valence-electron chi connectivity index (χ2n) is 5.14. The van der Waals surface area contributed by atoms with Crippen molar-refractivity contribution < 1.29 is 4.79 Å². The maximum absolute atomic E-state index is 12.4. The van der Waals surface area contributed by atoms with Crippen molar-refractivity contribution in [1.29, 1.82) is 0 Å². The molecule has 0 bridgehead atoms. The van der Waals surface area contributed by atoms with Crippen LogP contribution in [-0.4, -0.2) is 33.2 Å². The van der Waals surface area contributed by atoms with Crippen LogP contribution >= 0.6 is 24.8 Å². The number of nitrogens with two attached hydrogens (primary N) is 1. The van der Waals surface area contributed by atoms with Crippen LogP contribution in [0.5, 0.6) is 0 Å². The van der Waals surface area contributed by atoms with Crippen LogP contribution in [0.25, 0.3) is 0 Å². The summed E-state index contributed by atoms with van der Waals surface area (Å²) in [6.45, 7) is 3.40. The Kier molecular flexibility index (Phi) is 8.16. The molecule has 2 atom stereocenters. The zero-order valence-electron chi connectivity index (χ0n) is 12.0. The Morgan fingerprint density at radius 3 is 2.65 bits per heavy atom. The van der Waals surface area contributed by atoms with Crippen molar-refractivity contribution >= 4 is 30.7 Å². The Morgan fingerprint density at radius 1 is 1.50 bits per heavy atom. The smallest absolute Gasteiger partial charge is 0.226 e. The SMILES string of the molecule is CCN(Cc1cnn(C)c1)C(=O)C1CCC(N)C1.Cl.Cl. The minimum absolute atomic E-state index is 0. The summed E-state index contributed by atoms with van der Waals surface area (Å²) >= 11 is 0. The molecule has 5 nitrogen and oxygen atoms in total. The highest BCUT2D eigenvalue weighted by Crippen LogP contribution is 2.26. The predicted octanol–water partition coefficient (Wildman–Crippen LogP) is 1.74. The molecule has 1 aliphatic rings. The Hall–Kier alpha value is -0.780. The van der Waals surface area contributed by atoms with Crippen LogP contribution in [0.1, 0.15) is 31.7 Å². The molecule has 116 valence electrons. The van der Waals surface area contributed by atoms with Crippen molar-refractivity contribution in [2.75, 3.05) is 6.54 Å². The standard InChI is InChI=1S/C13H22N4O.2ClH/c1-3-17(9-10-7-15-16(2)8-10)13(18)11-4-5-12(14)6-11;;/h7-8,11-12H,3-6,9,14H2,1-2H3;2*1H. The number of rotatable bonds is 4. The lowest BCUT2D eigenvalue weighted by molar-refractivity contribution is -0.135. The van der Waals surface area contributed by atoms with E-state index < -0.39 is 0 Å². The Balaban J connectivity index is 0.00000180. The summed E-state index contributed by atoms with van der Waals surface area (Å²) in [6, 6.07) is 0.205. The molecule has 1 fully saturated rings. The first kappa shape index (κ1) is 19.2. The van der Waals surface area contributed by atoms with E-state index in [1.807, 2.05) is 31.3 Å². The third-order valence-electron chi connectivity index (χ3n) is 3.65. The summed E-state index contributed by atoms with van der Waals surface area (Å²) < 4.78 is 1.76. The first-order valence-electron chi connectivity index (χ1n) is 6.62. The molecule has 20 heavy (non-hydrogen) atoms. The maximum atomic E-state index is 12.4. The quantitative estimate of drug-likeness (QED) is 0.918. The van der Waals surface area contributed by atoms with Gasteiger partial charge in [0.15, 0.2) is 0 Å². The molecule has 0 spiro atoms. The summed E-state index contributed by atoms with van der Waals surface area (Å²) in [5.74, 6) is 0.367. The van der Waals surface area contributed by atoms with Crippen LogP contribution in [0.2, 0.25) is 0 Å². The van der Waals surface area contributed by atoms with Crippen LogP contribution in [-0.2, 0) is 18.4 Å². The molecule has 1 aromatic heterocycles. The number of carbonyl (C=O) groups is 1. The summed E-state index contributed by atoms with van der Waals surface area (Å²) in [6.07, 6.45) is 6.51. The summed E-state index contributed by atoms with van der Waals surface area (Å²) in [5.41, 5.74) is 6.96. The molecule has 0 aromatic carbocycles. The van der Waals surface area contributed by atoms with Crippen molar-refractivity contribution in [2.45, 2.75) is 38.8 Å². The van der Waals surface area contributed by atoms with Crippen molar-refractivity contribution in [2.24, 2.45) is 18.7 Å². The molecule has 1 amide bonds. The minimum Gasteiger partial charge on any atom is -0.338 e. The van der Waals surface area contributed by atoms with Gasteiger partial charge in [-0.3, -0.25) is 9.48 Å². The fraction of sp³-hybridized carbons (Fsp3) is 0.692. The Morgan fingerprint density at radius 2 is 2.20 bits per heavy atom. The number of hydrogen-bond acceptors (Lipinski definition) is 3. The summed E-state index contributed by atoms with van der Waals surface area (Å²) in [5, 5.41) is 4.13. The maximum Gasteiger partial charge on any atom is 0.226 e. The van der Waals surface area contributed by atoms with Crippen LogP contribution in [0, 0.1) is 5.92 Å². The van der Waals surface area contributed by atoms with E-state index >= 15 is 0 Å². The van der Waals surface area contributed by atoms with E-state index in [0.717, 1.165) is 31.4 Å². The van der Waals surface area contributed by atoms with Crippen molar-refractivity contribution in [3.05, 3.63) is 18.0 Å². The lowest BCUT2D eigenvalue weighted by Crippen LogP contribution is -2.35. The van der Waals surface area contributed by atoms with E-state index in [1.54, 1.807) is 4.68 Å². The molecule has 0 saturated heterocycles. The molecule has 0 radical (unpaired) electrons. The first-order chi connectivity index (χ1) is 8.60. The van der Waals surface area contributed by atoms with Crippen LogP contribution in [0.4, 0.5) is 0 Å². The molecule has 0 aliphatic heterocycles. The number of nitrogens with zero attached hydrogens (tertiary/aromatic N) is 3. The van der Waals surface area contributed by atoms with Crippen LogP contribution in [0.3, 0.4) is 0 Å². The van der Waals surface area contributed by atoms with Gasteiger partial charge in [-0.2, -0.15) is 5.10 Å². The molecule has 1 aliphatic carbocycles. The number of amides is 1. The van der Waals surface area contributed by atoms with Crippen molar-refractivity contribution in [3.63, 3.8) is 0 Å². The largest absolute Gasteiger partial charge is 0.338 e. The van der Waals surface area contributed by atoms with Gasteiger partial charge in [0, 0.05) is 43.9 Å². The van der Waals surface area contributed by atoms with Gasteiger partial charge in [-0.05, 0) is 26.2 Å². The molecule has 1 heterocycles.